The Balaban J connectivity index is 2.47. The maximum Gasteiger partial charge on any atom is 0.221 e. The van der Waals surface area contributed by atoms with Crippen molar-refractivity contribution >= 4 is 5.91 Å². The van der Waals surface area contributed by atoms with Gasteiger partial charge in [-0.05, 0) is 49.0 Å². The average Bonchev–Trinajstić information content (AvgIpc) is 2.48. The van der Waals surface area contributed by atoms with Gasteiger partial charge in [0.2, 0.25) is 5.91 Å². The summed E-state index contributed by atoms with van der Waals surface area (Å²) in [5.74, 6) is -0.260. The molecule has 0 aromatic heterocycles. The monoisotopic (exact) mass is 321 g/mol. The van der Waals surface area contributed by atoms with Crippen molar-refractivity contribution in [1.82, 2.24) is 0 Å². The van der Waals surface area contributed by atoms with E-state index in [1.165, 1.54) is 7.11 Å². The van der Waals surface area contributed by atoms with Crippen LogP contribution in [0.3, 0.4) is 0 Å². The summed E-state index contributed by atoms with van der Waals surface area (Å²) in [4.78, 5) is 11.9. The van der Waals surface area contributed by atoms with E-state index in [-0.39, 0.29) is 34.7 Å². The van der Waals surface area contributed by atoms with Crippen molar-refractivity contribution in [2.45, 2.75) is 52.9 Å². The van der Waals surface area contributed by atoms with Crippen LogP contribution >= 0.6 is 0 Å². The second kappa shape index (κ2) is 6.50. The van der Waals surface area contributed by atoms with Gasteiger partial charge in [0.1, 0.15) is 0 Å². The molecule has 1 aromatic rings. The van der Waals surface area contributed by atoms with Gasteiger partial charge in [-0.1, -0.05) is 32.9 Å². The summed E-state index contributed by atoms with van der Waals surface area (Å²) in [7, 11) is 1.48. The molecule has 3 atom stereocenters. The Hall–Kier alpha value is -1.58. The number of benzene rings is 1. The van der Waals surface area contributed by atoms with Crippen molar-refractivity contribution in [2.75, 3.05) is 7.11 Å². The normalized spacial score (nSPS) is 25.2. The van der Waals surface area contributed by atoms with Gasteiger partial charge < -0.3 is 10.5 Å². The Morgan fingerprint density at radius 2 is 1.96 bits per heavy atom. The van der Waals surface area contributed by atoms with E-state index in [4.69, 9.17) is 10.5 Å². The summed E-state index contributed by atoms with van der Waals surface area (Å²) < 4.78 is 19.8. The first-order valence-electron chi connectivity index (χ1n) is 8.29. The lowest BCUT2D eigenvalue weighted by Gasteiger charge is -2.41. The molecular formula is C19H28FNO2. The van der Waals surface area contributed by atoms with Gasteiger partial charge in [0.05, 0.1) is 7.11 Å². The van der Waals surface area contributed by atoms with Crippen molar-refractivity contribution in [3.05, 3.63) is 29.1 Å². The molecule has 3 nitrogen and oxygen atoms in total. The first-order chi connectivity index (χ1) is 10.7. The summed E-state index contributed by atoms with van der Waals surface area (Å²) in [6, 6.07) is 3.65. The highest BCUT2D eigenvalue weighted by Gasteiger charge is 2.40. The van der Waals surface area contributed by atoms with Crippen LogP contribution in [0.2, 0.25) is 0 Å². The van der Waals surface area contributed by atoms with Crippen molar-refractivity contribution in [2.24, 2.45) is 23.0 Å². The van der Waals surface area contributed by atoms with Gasteiger partial charge in [-0.25, -0.2) is 4.39 Å². The topological polar surface area (TPSA) is 52.3 Å². The van der Waals surface area contributed by atoms with Gasteiger partial charge in [0, 0.05) is 11.5 Å². The van der Waals surface area contributed by atoms with E-state index in [0.29, 0.717) is 11.5 Å². The number of carbonyl (C=O) groups excluding carboxylic acids is 1. The molecule has 1 aliphatic carbocycles. The number of methoxy groups -OCH3 is 1. The third-order valence-corrected chi connectivity index (χ3v) is 5.36. The Bertz CT molecular complexity index is 592. The predicted molar refractivity (Wildman–Crippen MR) is 89.9 cm³/mol. The molecule has 128 valence electrons. The number of ether oxygens (including phenoxy) is 1. The van der Waals surface area contributed by atoms with Crippen molar-refractivity contribution in [3.8, 4) is 5.75 Å². The zero-order valence-corrected chi connectivity index (χ0v) is 14.8. The van der Waals surface area contributed by atoms with Crippen LogP contribution in [0.5, 0.6) is 5.75 Å². The molecule has 1 saturated carbocycles. The summed E-state index contributed by atoms with van der Waals surface area (Å²) in [5, 5.41) is 0. The molecule has 1 amide bonds. The number of hydrogen-bond donors (Lipinski definition) is 1. The van der Waals surface area contributed by atoms with E-state index in [2.05, 4.69) is 20.8 Å². The minimum absolute atomic E-state index is 0.0875. The zero-order valence-electron chi connectivity index (χ0n) is 14.8. The summed E-state index contributed by atoms with van der Waals surface area (Å²) in [5.41, 5.74) is 7.10. The van der Waals surface area contributed by atoms with E-state index in [1.54, 1.807) is 13.0 Å². The number of amides is 1. The first kappa shape index (κ1) is 17.8. The highest BCUT2D eigenvalue weighted by molar-refractivity contribution is 5.78. The van der Waals surface area contributed by atoms with Gasteiger partial charge in [-0.15, -0.1) is 0 Å². The molecule has 1 fully saturated rings. The minimum Gasteiger partial charge on any atom is -0.493 e. The Kier molecular flexibility index (Phi) is 5.02. The first-order valence-corrected chi connectivity index (χ1v) is 8.29. The van der Waals surface area contributed by atoms with Crippen molar-refractivity contribution in [1.29, 1.82) is 0 Å². The molecule has 0 heterocycles. The highest BCUT2D eigenvalue weighted by atomic mass is 19.1. The Labute approximate surface area is 138 Å². The molecule has 0 saturated heterocycles. The third-order valence-electron chi connectivity index (χ3n) is 5.36. The van der Waals surface area contributed by atoms with E-state index >= 15 is 0 Å². The van der Waals surface area contributed by atoms with Crippen molar-refractivity contribution < 1.29 is 13.9 Å². The fourth-order valence-electron chi connectivity index (χ4n) is 3.81. The van der Waals surface area contributed by atoms with Crippen LogP contribution in [0.25, 0.3) is 0 Å². The van der Waals surface area contributed by atoms with Crippen LogP contribution in [0, 0.1) is 30.0 Å². The molecule has 0 bridgehead atoms. The Morgan fingerprint density at radius 3 is 2.48 bits per heavy atom. The minimum atomic E-state index is -0.342. The smallest absolute Gasteiger partial charge is 0.221 e. The number of aryl methyl sites for hydroxylation is 1. The fourth-order valence-corrected chi connectivity index (χ4v) is 3.81. The van der Waals surface area contributed by atoms with Crippen LogP contribution in [-0.2, 0) is 4.79 Å². The third kappa shape index (κ3) is 3.51. The standard InChI is InChI=1S/C19H28FNO2/c1-11-6-8-13(17(23-5)16(11)20)15-10-12(19(2,3)4)7-9-14(15)18(21)22/h6,8,12,14-15H,7,9-10H2,1-5H3,(H2,21,22)/t12?,14-,15?/m0/s1. The predicted octanol–water partition coefficient (Wildman–Crippen LogP) is 4.17. The molecule has 1 aliphatic rings. The van der Waals surface area contributed by atoms with Gasteiger partial charge in [-0.2, -0.15) is 0 Å². The van der Waals surface area contributed by atoms with Crippen LogP contribution in [0.15, 0.2) is 12.1 Å². The lowest BCUT2D eigenvalue weighted by atomic mass is 9.63. The lowest BCUT2D eigenvalue weighted by molar-refractivity contribution is -0.124. The molecule has 4 heteroatoms. The van der Waals surface area contributed by atoms with Gasteiger partial charge >= 0.3 is 0 Å². The molecule has 0 aliphatic heterocycles. The fraction of sp³-hybridized carbons (Fsp3) is 0.632. The Morgan fingerprint density at radius 1 is 1.30 bits per heavy atom. The van der Waals surface area contributed by atoms with E-state index in [9.17, 15) is 9.18 Å². The second-order valence-corrected chi connectivity index (χ2v) is 7.81. The van der Waals surface area contributed by atoms with Gasteiger partial charge in [0.25, 0.3) is 0 Å². The molecular weight excluding hydrogens is 293 g/mol. The van der Waals surface area contributed by atoms with E-state index in [0.717, 1.165) is 24.8 Å². The number of halogens is 1. The van der Waals surface area contributed by atoms with Gasteiger partial charge in [0.15, 0.2) is 11.6 Å². The number of hydrogen-bond acceptors (Lipinski definition) is 2. The zero-order chi connectivity index (χ0) is 17.4. The number of nitrogens with two attached hydrogens (primary N) is 1. The SMILES string of the molecule is COc1c(C2CC(C(C)(C)C)CC[C@@H]2C(N)=O)ccc(C)c1F. The molecule has 2 N–H and O–H groups in total. The lowest BCUT2D eigenvalue weighted by Crippen LogP contribution is -2.37. The average molecular weight is 321 g/mol. The maximum absolute atomic E-state index is 14.4. The second-order valence-electron chi connectivity index (χ2n) is 7.81. The van der Waals surface area contributed by atoms with E-state index in [1.807, 2.05) is 6.07 Å². The van der Waals surface area contributed by atoms with Crippen molar-refractivity contribution in [3.63, 3.8) is 0 Å². The molecule has 0 radical (unpaired) electrons. The molecule has 2 unspecified atom stereocenters. The van der Waals surface area contributed by atoms with E-state index < -0.39 is 0 Å². The summed E-state index contributed by atoms with van der Waals surface area (Å²) >= 11 is 0. The van der Waals surface area contributed by atoms with Crippen LogP contribution in [0.4, 0.5) is 4.39 Å². The summed E-state index contributed by atoms with van der Waals surface area (Å²) in [6.07, 6.45) is 2.56. The van der Waals surface area contributed by atoms with Crippen LogP contribution in [0.1, 0.15) is 57.1 Å². The molecule has 1 aromatic carbocycles. The quantitative estimate of drug-likeness (QED) is 0.908. The molecule has 23 heavy (non-hydrogen) atoms. The molecule has 2 rings (SSSR count). The highest BCUT2D eigenvalue weighted by Crippen LogP contribution is 2.49. The van der Waals surface area contributed by atoms with Crippen LogP contribution in [-0.4, -0.2) is 13.0 Å². The number of rotatable bonds is 3. The summed E-state index contributed by atoms with van der Waals surface area (Å²) in [6.45, 7) is 8.36. The number of primary amides is 1. The molecule has 0 spiro atoms. The maximum atomic E-state index is 14.4. The largest absolute Gasteiger partial charge is 0.493 e. The van der Waals surface area contributed by atoms with Gasteiger partial charge in [-0.3, -0.25) is 4.79 Å². The van der Waals surface area contributed by atoms with Crippen LogP contribution < -0.4 is 10.5 Å². The number of carbonyl (C=O) groups is 1.